The molecule has 0 radical (unpaired) electrons. The molecule has 42 heavy (non-hydrogen) atoms. The lowest BCUT2D eigenvalue weighted by Crippen LogP contribution is -2.31. The highest BCUT2D eigenvalue weighted by Gasteiger charge is 2.42. The highest BCUT2D eigenvalue weighted by atomic mass is 19.2. The summed E-state index contributed by atoms with van der Waals surface area (Å²) in [5.41, 5.74) is -1.03. The van der Waals surface area contributed by atoms with E-state index in [-0.39, 0.29) is 24.1 Å². The van der Waals surface area contributed by atoms with Crippen molar-refractivity contribution in [3.05, 3.63) is 143 Å². The van der Waals surface area contributed by atoms with Crippen molar-refractivity contribution < 1.29 is 27.1 Å². The van der Waals surface area contributed by atoms with Gasteiger partial charge in [-0.15, -0.1) is 0 Å². The Morgan fingerprint density at radius 1 is 0.571 bits per heavy atom. The van der Waals surface area contributed by atoms with Gasteiger partial charge < -0.3 is 5.11 Å². The minimum absolute atomic E-state index is 0.0538. The summed E-state index contributed by atoms with van der Waals surface area (Å²) in [4.78, 5) is 3.99. The normalized spacial score (nSPS) is 22.6. The van der Waals surface area contributed by atoms with E-state index < -0.39 is 34.5 Å². The molecule has 8 heteroatoms. The fraction of sp³-hybridized carbons (Fsp3) is 0.294. The van der Waals surface area contributed by atoms with Gasteiger partial charge in [0.1, 0.15) is 5.60 Å². The molecule has 4 aromatic carbocycles. The number of benzene rings is 4. The molecular formula is C34H33F5N2O. The Hall–Kier alpha value is -3.59. The van der Waals surface area contributed by atoms with Crippen LogP contribution < -0.4 is 0 Å². The first-order valence-corrected chi connectivity index (χ1v) is 14.0. The van der Waals surface area contributed by atoms with Gasteiger partial charge in [-0.05, 0) is 36.1 Å². The van der Waals surface area contributed by atoms with Crippen molar-refractivity contribution in [2.45, 2.75) is 37.2 Å². The Balaban J connectivity index is 0.000000168. The molecule has 2 saturated heterocycles. The highest BCUT2D eigenvalue weighted by molar-refractivity contribution is 5.29. The zero-order chi connectivity index (χ0) is 29.7. The number of hydrogen-bond donors (Lipinski definition) is 1. The topological polar surface area (TPSA) is 26.7 Å². The lowest BCUT2D eigenvalue weighted by Gasteiger charge is -2.24. The molecule has 2 aliphatic heterocycles. The van der Waals surface area contributed by atoms with Gasteiger partial charge >= 0.3 is 0 Å². The van der Waals surface area contributed by atoms with Gasteiger partial charge in [0, 0.05) is 50.4 Å². The third-order valence-electron chi connectivity index (χ3n) is 8.01. The molecule has 1 N–H and O–H groups in total. The molecule has 2 atom stereocenters. The predicted molar refractivity (Wildman–Crippen MR) is 152 cm³/mol. The Labute approximate surface area is 242 Å². The lowest BCUT2D eigenvalue weighted by molar-refractivity contribution is 0.0410. The van der Waals surface area contributed by atoms with E-state index in [4.69, 9.17) is 0 Å². The van der Waals surface area contributed by atoms with Crippen LogP contribution in [-0.2, 0) is 24.4 Å². The quantitative estimate of drug-likeness (QED) is 0.247. The summed E-state index contributed by atoms with van der Waals surface area (Å²) < 4.78 is 69.3. The van der Waals surface area contributed by atoms with Gasteiger partial charge in [0.05, 0.1) is 0 Å². The summed E-state index contributed by atoms with van der Waals surface area (Å²) in [7, 11) is 0. The van der Waals surface area contributed by atoms with Crippen molar-refractivity contribution in [1.29, 1.82) is 0 Å². The minimum atomic E-state index is -1.82. The van der Waals surface area contributed by atoms with Crippen LogP contribution in [0.25, 0.3) is 0 Å². The maximum atomic E-state index is 15.0. The molecule has 6 rings (SSSR count). The molecule has 2 aliphatic rings. The fourth-order valence-electron chi connectivity index (χ4n) is 5.82. The summed E-state index contributed by atoms with van der Waals surface area (Å²) in [6, 6.07) is 27.3. The summed E-state index contributed by atoms with van der Waals surface area (Å²) >= 11 is 0. The molecule has 4 aromatic rings. The zero-order valence-electron chi connectivity index (χ0n) is 23.1. The number of alkyl halides is 1. The van der Waals surface area contributed by atoms with E-state index >= 15 is 0 Å². The summed E-state index contributed by atoms with van der Waals surface area (Å²) in [6.45, 7) is 2.89. The smallest absolute Gasteiger partial charge is 0.165 e. The molecule has 3 nitrogen and oxygen atoms in total. The molecule has 0 spiro atoms. The molecule has 0 saturated carbocycles. The number of hydrogen-bond acceptors (Lipinski definition) is 3. The SMILES string of the molecule is Fc1cccc(C2(F)CCN(Cc3ccccc3)C2)c1F.OC1(c2cccc(F)c2F)CCN(Cc2ccccc2)C1. The van der Waals surface area contributed by atoms with Gasteiger partial charge in [-0.2, -0.15) is 0 Å². The van der Waals surface area contributed by atoms with Crippen LogP contribution in [0.4, 0.5) is 22.0 Å². The van der Waals surface area contributed by atoms with Gasteiger partial charge in [0.2, 0.25) is 0 Å². The van der Waals surface area contributed by atoms with Gasteiger partial charge in [-0.3, -0.25) is 9.80 Å². The van der Waals surface area contributed by atoms with E-state index in [2.05, 4.69) is 4.90 Å². The van der Waals surface area contributed by atoms with Gasteiger partial charge in [-0.1, -0.05) is 84.9 Å². The van der Waals surface area contributed by atoms with E-state index in [0.717, 1.165) is 23.3 Å². The van der Waals surface area contributed by atoms with E-state index in [0.29, 0.717) is 39.1 Å². The molecular weight excluding hydrogens is 547 g/mol. The molecule has 2 fully saturated rings. The molecule has 0 amide bonds. The van der Waals surface area contributed by atoms with Crippen LogP contribution in [0.5, 0.6) is 0 Å². The zero-order valence-corrected chi connectivity index (χ0v) is 23.1. The van der Waals surface area contributed by atoms with Crippen molar-refractivity contribution >= 4 is 0 Å². The van der Waals surface area contributed by atoms with Gasteiger partial charge in [-0.25, -0.2) is 22.0 Å². The Morgan fingerprint density at radius 3 is 1.62 bits per heavy atom. The largest absolute Gasteiger partial charge is 0.384 e. The second kappa shape index (κ2) is 12.7. The first-order chi connectivity index (χ1) is 20.2. The number of halogens is 5. The molecule has 2 unspecified atom stereocenters. The van der Waals surface area contributed by atoms with Crippen LogP contribution >= 0.6 is 0 Å². The number of nitrogens with zero attached hydrogens (tertiary/aromatic N) is 2. The fourth-order valence-corrected chi connectivity index (χ4v) is 5.82. The maximum absolute atomic E-state index is 15.0. The summed E-state index contributed by atoms with van der Waals surface area (Å²) in [5.74, 6) is -3.92. The van der Waals surface area contributed by atoms with E-state index in [1.54, 1.807) is 0 Å². The molecule has 0 bridgehead atoms. The van der Waals surface area contributed by atoms with Crippen molar-refractivity contribution in [2.75, 3.05) is 26.2 Å². The minimum Gasteiger partial charge on any atom is -0.384 e. The second-order valence-corrected chi connectivity index (χ2v) is 11.1. The van der Waals surface area contributed by atoms with E-state index in [1.807, 2.05) is 65.6 Å². The average Bonchev–Trinajstić information content (AvgIpc) is 3.56. The third kappa shape index (κ3) is 6.72. The van der Waals surface area contributed by atoms with Crippen LogP contribution in [0.1, 0.15) is 35.1 Å². The van der Waals surface area contributed by atoms with Gasteiger partial charge in [0.15, 0.2) is 28.9 Å². The lowest BCUT2D eigenvalue weighted by atomic mass is 9.92. The van der Waals surface area contributed by atoms with Crippen LogP contribution in [0.3, 0.4) is 0 Å². The van der Waals surface area contributed by atoms with Crippen molar-refractivity contribution in [3.63, 3.8) is 0 Å². The predicted octanol–water partition coefficient (Wildman–Crippen LogP) is 7.09. The third-order valence-corrected chi connectivity index (χ3v) is 8.01. The van der Waals surface area contributed by atoms with Crippen LogP contribution in [0.2, 0.25) is 0 Å². The Bertz CT molecular complexity index is 1380. The van der Waals surface area contributed by atoms with Crippen molar-refractivity contribution in [2.24, 2.45) is 0 Å². The number of rotatable bonds is 6. The monoisotopic (exact) mass is 580 g/mol. The van der Waals surface area contributed by atoms with Gasteiger partial charge in [0.25, 0.3) is 0 Å². The van der Waals surface area contributed by atoms with Crippen LogP contribution in [-0.4, -0.2) is 41.1 Å². The molecule has 0 aromatic heterocycles. The first kappa shape index (κ1) is 29.9. The van der Waals surface area contributed by atoms with Crippen molar-refractivity contribution in [3.8, 4) is 0 Å². The van der Waals surface area contributed by atoms with E-state index in [9.17, 15) is 27.1 Å². The Morgan fingerprint density at radius 2 is 1.05 bits per heavy atom. The summed E-state index contributed by atoms with van der Waals surface area (Å²) in [6.07, 6.45) is 0.584. The Kier molecular flexibility index (Phi) is 9.06. The molecule has 2 heterocycles. The second-order valence-electron chi connectivity index (χ2n) is 11.1. The number of β-amino-alcohol motifs (C(OH)–C–C–N with tert-alkyl or cyclic N) is 1. The number of aliphatic hydroxyl groups is 1. The molecule has 0 aliphatic carbocycles. The van der Waals surface area contributed by atoms with Crippen LogP contribution in [0, 0.1) is 23.3 Å². The highest BCUT2D eigenvalue weighted by Crippen LogP contribution is 2.38. The van der Waals surface area contributed by atoms with Crippen molar-refractivity contribution in [1.82, 2.24) is 9.80 Å². The molecule has 220 valence electrons. The first-order valence-electron chi connectivity index (χ1n) is 14.0. The average molecular weight is 581 g/mol. The van der Waals surface area contributed by atoms with E-state index in [1.165, 1.54) is 24.3 Å². The number of likely N-dealkylation sites (tertiary alicyclic amines) is 2. The summed E-state index contributed by atoms with van der Waals surface area (Å²) in [5, 5.41) is 10.7. The van der Waals surface area contributed by atoms with Crippen LogP contribution in [0.15, 0.2) is 97.1 Å². The standard InChI is InChI=1S/C17H16F3N.C17H17F2NO/c18-15-8-4-7-14(16(15)19)17(20)9-10-21(12-17)11-13-5-2-1-3-6-13;18-15-8-4-7-14(16(15)19)17(21)9-10-20(12-17)11-13-5-2-1-3-6-13/h1-8H,9-12H2;1-8,21H,9-12H2. The maximum Gasteiger partial charge on any atom is 0.165 e.